The van der Waals surface area contributed by atoms with Crippen molar-refractivity contribution in [1.29, 1.82) is 0 Å². The number of unbranched alkanes of at least 4 members (excludes halogenated alkanes) is 26. The molecule has 1 rings (SSSR count). The first kappa shape index (κ1) is 77.7. The minimum atomic E-state index is -0.708. The average Bonchev–Trinajstić information content (AvgIpc) is 4.02. The average molecular weight is 1170 g/mol. The van der Waals surface area contributed by atoms with E-state index in [1.54, 1.807) is 4.90 Å². The Hall–Kier alpha value is -2.32. The number of hydrogen-bond acceptors (Lipinski definition) is 12. The van der Waals surface area contributed by atoms with Crippen LogP contribution in [0.1, 0.15) is 330 Å². The normalized spacial score (nSPS) is 13.2. The maximum Gasteiger partial charge on any atom is 0.306 e. The fourth-order valence-electron chi connectivity index (χ4n) is 10.8. The Bertz CT molecular complexity index is 1330. The molecule has 82 heavy (non-hydrogen) atoms. The number of ether oxygens (including phenoxy) is 7. The Morgan fingerprint density at radius 1 is 0.378 bits per heavy atom. The van der Waals surface area contributed by atoms with Gasteiger partial charge in [0.25, 0.3) is 0 Å². The van der Waals surface area contributed by atoms with Crippen molar-refractivity contribution in [2.45, 2.75) is 355 Å². The molecule has 0 N–H and O–H groups in total. The van der Waals surface area contributed by atoms with E-state index in [0.717, 1.165) is 142 Å². The van der Waals surface area contributed by atoms with Gasteiger partial charge in [0.15, 0.2) is 12.6 Å². The zero-order chi connectivity index (χ0) is 59.6. The lowest BCUT2D eigenvalue weighted by molar-refractivity contribution is -0.156. The van der Waals surface area contributed by atoms with Crippen molar-refractivity contribution >= 4 is 23.8 Å². The van der Waals surface area contributed by atoms with Gasteiger partial charge in [-0.05, 0) is 129 Å². The van der Waals surface area contributed by atoms with Gasteiger partial charge in [0.2, 0.25) is 5.91 Å². The lowest BCUT2D eigenvalue weighted by atomic mass is 10.1. The van der Waals surface area contributed by atoms with E-state index in [9.17, 15) is 19.2 Å². The maximum atomic E-state index is 14.4. The second kappa shape index (κ2) is 59.0. The van der Waals surface area contributed by atoms with Crippen LogP contribution in [0.5, 0.6) is 0 Å². The molecule has 1 heterocycles. The summed E-state index contributed by atoms with van der Waals surface area (Å²) in [7, 11) is 0. The van der Waals surface area contributed by atoms with Crippen LogP contribution in [0, 0.1) is 0 Å². The molecule has 0 saturated carbocycles. The van der Waals surface area contributed by atoms with Gasteiger partial charge in [-0.25, -0.2) is 0 Å². The van der Waals surface area contributed by atoms with Gasteiger partial charge in [-0.3, -0.25) is 19.2 Å². The number of carbonyl (C=O) groups is 4. The van der Waals surface area contributed by atoms with Gasteiger partial charge in [0.05, 0.1) is 12.5 Å². The van der Waals surface area contributed by atoms with E-state index in [2.05, 4.69) is 46.4 Å². The molecule has 1 aliphatic heterocycles. The fourth-order valence-corrected chi connectivity index (χ4v) is 10.8. The van der Waals surface area contributed by atoms with E-state index in [-0.39, 0.29) is 81.4 Å². The molecule has 0 aromatic heterocycles. The number of carbonyl (C=O) groups excluding carboxylic acids is 4. The topological polar surface area (TPSA) is 139 Å². The molecule has 0 spiro atoms. The quantitative estimate of drug-likeness (QED) is 0.0248. The smallest absolute Gasteiger partial charge is 0.306 e. The molecule has 1 saturated heterocycles. The molecule has 0 aromatic carbocycles. The van der Waals surface area contributed by atoms with Crippen molar-refractivity contribution in [3.05, 3.63) is 0 Å². The third kappa shape index (κ3) is 47.9. The maximum absolute atomic E-state index is 14.4. The SMILES string of the molecule is CCCCCCCCOC(CCCCC(=O)OCC(COC(=O)CCCCC(OCCCCCCCC)OCCCCCCCC)N(CCCCN1CCCC1)C(=O)CCC(=O)OC(CCC)CCCCCC)OCCCCCCCC. The van der Waals surface area contributed by atoms with Gasteiger partial charge >= 0.3 is 17.9 Å². The summed E-state index contributed by atoms with van der Waals surface area (Å²) in [6, 6.07) is -0.708. The molecule has 0 aromatic rings. The van der Waals surface area contributed by atoms with Crippen LogP contribution in [-0.4, -0.2) is 124 Å². The summed E-state index contributed by atoms with van der Waals surface area (Å²) in [6.07, 6.45) is 43.6. The second-order valence-corrected chi connectivity index (χ2v) is 24.0. The lowest BCUT2D eigenvalue weighted by Crippen LogP contribution is -2.47. The van der Waals surface area contributed by atoms with E-state index in [0.29, 0.717) is 58.7 Å². The fraction of sp³-hybridized carbons (Fsp3) is 0.942. The summed E-state index contributed by atoms with van der Waals surface area (Å²) in [5, 5.41) is 0. The Labute approximate surface area is 505 Å². The van der Waals surface area contributed by atoms with Crippen molar-refractivity contribution in [3.8, 4) is 0 Å². The highest BCUT2D eigenvalue weighted by Gasteiger charge is 2.28. The number of rotatable bonds is 63. The van der Waals surface area contributed by atoms with Gasteiger partial charge < -0.3 is 43.0 Å². The third-order valence-electron chi connectivity index (χ3n) is 16.1. The molecule has 13 heteroatoms. The van der Waals surface area contributed by atoms with Crippen LogP contribution in [-0.2, 0) is 52.3 Å². The van der Waals surface area contributed by atoms with Crippen LogP contribution in [0.15, 0.2) is 0 Å². The van der Waals surface area contributed by atoms with Gasteiger partial charge in [-0.15, -0.1) is 0 Å². The Balaban J connectivity index is 3.13. The lowest BCUT2D eigenvalue weighted by Gasteiger charge is -2.32. The predicted octanol–water partition coefficient (Wildman–Crippen LogP) is 17.9. The summed E-state index contributed by atoms with van der Waals surface area (Å²) in [5.41, 5.74) is 0. The summed E-state index contributed by atoms with van der Waals surface area (Å²) in [5.74, 6) is -1.30. The highest BCUT2D eigenvalue weighted by Crippen LogP contribution is 2.20. The monoisotopic (exact) mass is 1160 g/mol. The molecule has 0 aliphatic carbocycles. The number of likely N-dealkylation sites (tertiary alicyclic amines) is 1. The molecule has 13 nitrogen and oxygen atoms in total. The highest BCUT2D eigenvalue weighted by atomic mass is 16.7. The Morgan fingerprint density at radius 3 is 1.18 bits per heavy atom. The molecular formula is C69H132N2O11. The van der Waals surface area contributed by atoms with E-state index in [1.165, 1.54) is 116 Å². The van der Waals surface area contributed by atoms with Crippen LogP contribution < -0.4 is 0 Å². The van der Waals surface area contributed by atoms with Crippen molar-refractivity contribution in [3.63, 3.8) is 0 Å². The van der Waals surface area contributed by atoms with Gasteiger partial charge in [-0.2, -0.15) is 0 Å². The molecule has 1 fully saturated rings. The number of amides is 1. The van der Waals surface area contributed by atoms with Crippen molar-refractivity contribution in [1.82, 2.24) is 9.80 Å². The van der Waals surface area contributed by atoms with E-state index >= 15 is 0 Å². The molecule has 0 radical (unpaired) electrons. The molecule has 1 unspecified atom stereocenters. The third-order valence-corrected chi connectivity index (χ3v) is 16.1. The predicted molar refractivity (Wildman–Crippen MR) is 337 cm³/mol. The number of esters is 3. The van der Waals surface area contributed by atoms with Crippen LogP contribution in [0.2, 0.25) is 0 Å². The van der Waals surface area contributed by atoms with Crippen molar-refractivity contribution < 1.29 is 52.3 Å². The van der Waals surface area contributed by atoms with E-state index in [1.807, 2.05) is 0 Å². The van der Waals surface area contributed by atoms with Crippen LogP contribution in [0.4, 0.5) is 0 Å². The molecule has 1 aliphatic rings. The highest BCUT2D eigenvalue weighted by molar-refractivity contribution is 5.82. The minimum Gasteiger partial charge on any atom is -0.463 e. The Kier molecular flexibility index (Phi) is 55.9. The van der Waals surface area contributed by atoms with Crippen LogP contribution >= 0.6 is 0 Å². The largest absolute Gasteiger partial charge is 0.463 e. The molecule has 1 atom stereocenters. The van der Waals surface area contributed by atoms with Gasteiger partial charge in [-0.1, -0.05) is 196 Å². The number of hydrogen-bond donors (Lipinski definition) is 0. The van der Waals surface area contributed by atoms with E-state index in [4.69, 9.17) is 33.2 Å². The molecule has 484 valence electrons. The zero-order valence-corrected chi connectivity index (χ0v) is 54.6. The molecular weight excluding hydrogens is 1030 g/mol. The first-order valence-electron chi connectivity index (χ1n) is 35.2. The number of nitrogens with zero attached hydrogens (tertiary/aromatic N) is 2. The first-order chi connectivity index (χ1) is 40.2. The van der Waals surface area contributed by atoms with Gasteiger partial charge in [0, 0.05) is 52.2 Å². The zero-order valence-electron chi connectivity index (χ0n) is 54.6. The van der Waals surface area contributed by atoms with Crippen molar-refractivity contribution in [2.24, 2.45) is 0 Å². The molecule has 0 bridgehead atoms. The summed E-state index contributed by atoms with van der Waals surface area (Å²) in [6.45, 7) is 19.3. The summed E-state index contributed by atoms with van der Waals surface area (Å²) in [4.78, 5) is 59.1. The van der Waals surface area contributed by atoms with Gasteiger partial charge in [0.1, 0.15) is 19.3 Å². The second-order valence-electron chi connectivity index (χ2n) is 24.0. The minimum absolute atomic E-state index is 0.0376. The Morgan fingerprint density at radius 2 is 0.768 bits per heavy atom. The summed E-state index contributed by atoms with van der Waals surface area (Å²) >= 11 is 0. The van der Waals surface area contributed by atoms with Crippen molar-refractivity contribution in [2.75, 3.05) is 65.8 Å². The van der Waals surface area contributed by atoms with Crippen LogP contribution in [0.25, 0.3) is 0 Å². The standard InChI is InChI=1S/C69H132N2O11/c1-7-13-18-23-27-40-56-76-68(77-57-41-28-24-19-14-8-2)48-34-32-46-65(73)80-60-62(61-81-66(74)47-33-35-49-69(78-58-42-29-25-20-15-9-3)79-59-43-30-26-21-16-10-4)71(55-39-38-54-70-52-36-37-53-70)64(72)50-51-67(75)82-63(44-12-6)45-31-22-17-11-5/h62-63,68-69H,7-61H2,1-6H3. The summed E-state index contributed by atoms with van der Waals surface area (Å²) < 4.78 is 43.1. The van der Waals surface area contributed by atoms with Crippen LogP contribution in [0.3, 0.4) is 0 Å². The first-order valence-corrected chi connectivity index (χ1v) is 35.2. The van der Waals surface area contributed by atoms with E-state index < -0.39 is 6.04 Å². The molecule has 1 amide bonds.